The summed E-state index contributed by atoms with van der Waals surface area (Å²) in [6.45, 7) is 2.21. The van der Waals surface area contributed by atoms with Crippen molar-refractivity contribution in [2.24, 2.45) is 0 Å². The predicted octanol–water partition coefficient (Wildman–Crippen LogP) is 2.79. The van der Waals surface area contributed by atoms with Crippen LogP contribution in [0.1, 0.15) is 30.3 Å². The lowest BCUT2D eigenvalue weighted by Crippen LogP contribution is -2.32. The summed E-state index contributed by atoms with van der Waals surface area (Å²) in [5.74, 6) is 1.83. The van der Waals surface area contributed by atoms with Crippen molar-refractivity contribution in [2.45, 2.75) is 31.7 Å². The van der Waals surface area contributed by atoms with Gasteiger partial charge in [-0.3, -0.25) is 9.97 Å². The van der Waals surface area contributed by atoms with Crippen LogP contribution in [0.15, 0.2) is 49.1 Å². The fourth-order valence-corrected chi connectivity index (χ4v) is 3.48. The lowest BCUT2D eigenvalue weighted by atomic mass is 10.1. The molecule has 0 amide bonds. The van der Waals surface area contributed by atoms with Crippen LogP contribution in [0, 0.1) is 0 Å². The van der Waals surface area contributed by atoms with E-state index >= 15 is 0 Å². The third kappa shape index (κ3) is 3.80. The van der Waals surface area contributed by atoms with Crippen LogP contribution in [0.2, 0.25) is 0 Å². The van der Waals surface area contributed by atoms with Gasteiger partial charge in [0.25, 0.3) is 0 Å². The van der Waals surface area contributed by atoms with Gasteiger partial charge in [0.2, 0.25) is 0 Å². The second-order valence-corrected chi connectivity index (χ2v) is 6.93. The van der Waals surface area contributed by atoms with Crippen LogP contribution in [0.5, 0.6) is 0 Å². The van der Waals surface area contributed by atoms with Crippen LogP contribution >= 0.6 is 0 Å². The van der Waals surface area contributed by atoms with Crippen molar-refractivity contribution in [1.29, 1.82) is 0 Å². The number of rotatable bonds is 5. The molecule has 1 aliphatic rings. The summed E-state index contributed by atoms with van der Waals surface area (Å²) in [5, 5.41) is 4.87. The van der Waals surface area contributed by atoms with E-state index in [0.29, 0.717) is 6.04 Å². The molecule has 0 aromatic carbocycles. The Balaban J connectivity index is 1.60. The largest absolute Gasteiger partial charge is 0.306 e. The maximum atomic E-state index is 4.87. The molecule has 3 aromatic heterocycles. The average Bonchev–Trinajstić information content (AvgIpc) is 3.13. The first-order chi connectivity index (χ1) is 12.8. The molecule has 0 spiro atoms. The summed E-state index contributed by atoms with van der Waals surface area (Å²) < 4.78 is 2.17. The molecule has 1 aliphatic heterocycles. The summed E-state index contributed by atoms with van der Waals surface area (Å²) >= 11 is 0. The molecule has 0 unspecified atom stereocenters. The molecule has 1 saturated heterocycles. The highest BCUT2D eigenvalue weighted by Gasteiger charge is 2.23. The quantitative estimate of drug-likeness (QED) is 0.709. The first kappa shape index (κ1) is 16.8. The van der Waals surface area contributed by atoms with Crippen molar-refractivity contribution in [3.63, 3.8) is 0 Å². The van der Waals surface area contributed by atoms with E-state index in [0.717, 1.165) is 56.0 Å². The SMILES string of the molecule is CN1CCC(n2nc(-c3cccnc3)nc2CCc2cccnc2)CC1. The highest BCUT2D eigenvalue weighted by atomic mass is 15.4. The lowest BCUT2D eigenvalue weighted by molar-refractivity contribution is 0.209. The summed E-state index contributed by atoms with van der Waals surface area (Å²) in [7, 11) is 2.18. The van der Waals surface area contributed by atoms with Gasteiger partial charge in [-0.05, 0) is 63.2 Å². The topological polar surface area (TPSA) is 59.7 Å². The Morgan fingerprint density at radius 1 is 1.00 bits per heavy atom. The maximum absolute atomic E-state index is 4.87. The van der Waals surface area contributed by atoms with Gasteiger partial charge in [0.15, 0.2) is 5.82 Å². The second-order valence-electron chi connectivity index (χ2n) is 6.93. The van der Waals surface area contributed by atoms with Gasteiger partial charge in [0, 0.05) is 36.8 Å². The summed E-state index contributed by atoms with van der Waals surface area (Å²) in [6, 6.07) is 8.48. The van der Waals surface area contributed by atoms with Crippen LogP contribution in [0.3, 0.4) is 0 Å². The number of aromatic nitrogens is 5. The molecular weight excluding hydrogens is 324 g/mol. The normalized spacial score (nSPS) is 16.0. The fraction of sp³-hybridized carbons (Fsp3) is 0.400. The van der Waals surface area contributed by atoms with E-state index in [-0.39, 0.29) is 0 Å². The van der Waals surface area contributed by atoms with Crippen molar-refractivity contribution in [2.75, 3.05) is 20.1 Å². The van der Waals surface area contributed by atoms with Crippen molar-refractivity contribution < 1.29 is 0 Å². The molecule has 4 rings (SSSR count). The summed E-state index contributed by atoms with van der Waals surface area (Å²) in [6.07, 6.45) is 11.4. The minimum absolute atomic E-state index is 0.424. The Hall–Kier alpha value is -2.60. The Labute approximate surface area is 153 Å². The first-order valence-corrected chi connectivity index (χ1v) is 9.23. The Morgan fingerprint density at radius 3 is 2.46 bits per heavy atom. The smallest absolute Gasteiger partial charge is 0.182 e. The van der Waals surface area contributed by atoms with E-state index in [1.54, 1.807) is 6.20 Å². The van der Waals surface area contributed by atoms with Crippen molar-refractivity contribution in [1.82, 2.24) is 29.6 Å². The fourth-order valence-electron chi connectivity index (χ4n) is 3.48. The van der Waals surface area contributed by atoms with E-state index in [2.05, 4.69) is 32.7 Å². The zero-order valence-electron chi connectivity index (χ0n) is 15.1. The Morgan fingerprint density at radius 2 is 1.77 bits per heavy atom. The summed E-state index contributed by atoms with van der Waals surface area (Å²) in [5.41, 5.74) is 2.20. The molecule has 4 heterocycles. The van der Waals surface area contributed by atoms with Gasteiger partial charge in [-0.25, -0.2) is 9.67 Å². The van der Waals surface area contributed by atoms with E-state index in [1.165, 1.54) is 5.56 Å². The van der Waals surface area contributed by atoms with Crippen LogP contribution in [-0.2, 0) is 12.8 Å². The Kier molecular flexibility index (Phi) is 5.02. The zero-order chi connectivity index (χ0) is 17.8. The van der Waals surface area contributed by atoms with Gasteiger partial charge in [-0.1, -0.05) is 6.07 Å². The van der Waals surface area contributed by atoms with Gasteiger partial charge in [-0.2, -0.15) is 5.10 Å². The number of aryl methyl sites for hydroxylation is 2. The predicted molar refractivity (Wildman–Crippen MR) is 101 cm³/mol. The molecule has 0 saturated carbocycles. The van der Waals surface area contributed by atoms with E-state index in [9.17, 15) is 0 Å². The Bertz CT molecular complexity index is 822. The van der Waals surface area contributed by atoms with Crippen LogP contribution in [0.4, 0.5) is 0 Å². The second kappa shape index (κ2) is 7.74. The molecule has 0 bridgehead atoms. The number of hydrogen-bond acceptors (Lipinski definition) is 5. The van der Waals surface area contributed by atoms with E-state index < -0.39 is 0 Å². The van der Waals surface area contributed by atoms with E-state index in [4.69, 9.17) is 10.1 Å². The number of pyridine rings is 2. The van der Waals surface area contributed by atoms with Crippen molar-refractivity contribution in [3.8, 4) is 11.4 Å². The van der Waals surface area contributed by atoms with Crippen LogP contribution < -0.4 is 0 Å². The highest BCUT2D eigenvalue weighted by Crippen LogP contribution is 2.25. The van der Waals surface area contributed by atoms with E-state index in [1.807, 2.05) is 36.8 Å². The lowest BCUT2D eigenvalue weighted by Gasteiger charge is -2.29. The first-order valence-electron chi connectivity index (χ1n) is 9.23. The van der Waals surface area contributed by atoms with Crippen LogP contribution in [0.25, 0.3) is 11.4 Å². The van der Waals surface area contributed by atoms with Gasteiger partial charge in [-0.15, -0.1) is 0 Å². The standard InChI is InChI=1S/C20H24N6/c1-25-12-8-18(9-13-25)26-19(7-6-16-4-2-10-21-14-16)23-20(24-26)17-5-3-11-22-15-17/h2-5,10-11,14-15,18H,6-9,12-13H2,1H3. The van der Waals surface area contributed by atoms with Gasteiger partial charge in [0.05, 0.1) is 6.04 Å². The molecule has 0 atom stereocenters. The number of piperidine rings is 1. The zero-order valence-corrected chi connectivity index (χ0v) is 15.1. The minimum Gasteiger partial charge on any atom is -0.306 e. The molecule has 0 N–H and O–H groups in total. The minimum atomic E-state index is 0.424. The molecule has 3 aromatic rings. The molecule has 134 valence electrons. The molecule has 6 heteroatoms. The molecule has 6 nitrogen and oxygen atoms in total. The monoisotopic (exact) mass is 348 g/mol. The molecular formula is C20H24N6. The summed E-state index contributed by atoms with van der Waals surface area (Å²) in [4.78, 5) is 15.7. The third-order valence-corrected chi connectivity index (χ3v) is 5.02. The number of likely N-dealkylation sites (tertiary alicyclic amines) is 1. The van der Waals surface area contributed by atoms with Gasteiger partial charge >= 0.3 is 0 Å². The van der Waals surface area contributed by atoms with Gasteiger partial charge in [0.1, 0.15) is 5.82 Å². The highest BCUT2D eigenvalue weighted by molar-refractivity contribution is 5.52. The average molecular weight is 348 g/mol. The van der Waals surface area contributed by atoms with Crippen molar-refractivity contribution in [3.05, 3.63) is 60.4 Å². The van der Waals surface area contributed by atoms with Crippen LogP contribution in [-0.4, -0.2) is 49.8 Å². The maximum Gasteiger partial charge on any atom is 0.182 e. The molecule has 26 heavy (non-hydrogen) atoms. The molecule has 0 radical (unpaired) electrons. The van der Waals surface area contributed by atoms with Crippen molar-refractivity contribution >= 4 is 0 Å². The molecule has 1 fully saturated rings. The number of hydrogen-bond donors (Lipinski definition) is 0. The van der Waals surface area contributed by atoms with Gasteiger partial charge < -0.3 is 4.90 Å². The molecule has 0 aliphatic carbocycles. The number of nitrogens with zero attached hydrogens (tertiary/aromatic N) is 6. The third-order valence-electron chi connectivity index (χ3n) is 5.02.